The molecule has 0 bridgehead atoms. The minimum atomic E-state index is -0.216. The van der Waals surface area contributed by atoms with Crippen molar-refractivity contribution in [2.75, 3.05) is 25.0 Å². The summed E-state index contributed by atoms with van der Waals surface area (Å²) in [5, 5.41) is 9.52. The van der Waals surface area contributed by atoms with Gasteiger partial charge in [0.25, 0.3) is 0 Å². The van der Waals surface area contributed by atoms with Gasteiger partial charge >= 0.3 is 6.03 Å². The van der Waals surface area contributed by atoms with Gasteiger partial charge in [-0.05, 0) is 51.2 Å². The van der Waals surface area contributed by atoms with Crippen LogP contribution in [0.15, 0.2) is 28.8 Å². The van der Waals surface area contributed by atoms with Gasteiger partial charge in [-0.3, -0.25) is 4.79 Å². The molecule has 1 aromatic carbocycles. The lowest BCUT2D eigenvalue weighted by Gasteiger charge is -2.33. The Morgan fingerprint density at radius 2 is 2.03 bits per heavy atom. The summed E-state index contributed by atoms with van der Waals surface area (Å²) < 4.78 is 5.08. The molecule has 156 valence electrons. The quantitative estimate of drug-likeness (QED) is 0.745. The second kappa shape index (κ2) is 10.0. The molecule has 0 radical (unpaired) electrons. The van der Waals surface area contributed by atoms with Crippen LogP contribution in [0, 0.1) is 19.8 Å². The number of piperidine rings is 1. The van der Waals surface area contributed by atoms with Gasteiger partial charge in [-0.15, -0.1) is 0 Å². The molecule has 1 atom stereocenters. The van der Waals surface area contributed by atoms with Crippen molar-refractivity contribution >= 4 is 17.6 Å². The van der Waals surface area contributed by atoms with Gasteiger partial charge in [0.1, 0.15) is 0 Å². The number of amides is 3. The molecule has 29 heavy (non-hydrogen) atoms. The first kappa shape index (κ1) is 20.8. The fourth-order valence-electron chi connectivity index (χ4n) is 3.50. The SMILES string of the molecule is Cc1ccc(NC(=O)NC[C@@H]2CCCN(C(=O)CCCc3nc(C)no3)C2)cc1. The van der Waals surface area contributed by atoms with E-state index >= 15 is 0 Å². The lowest BCUT2D eigenvalue weighted by molar-refractivity contribution is -0.133. The lowest BCUT2D eigenvalue weighted by atomic mass is 9.97. The van der Waals surface area contributed by atoms with Crippen LogP contribution in [-0.4, -0.2) is 46.6 Å². The molecule has 8 heteroatoms. The number of likely N-dealkylation sites (tertiary alicyclic amines) is 1. The Kier molecular flexibility index (Phi) is 7.21. The van der Waals surface area contributed by atoms with Gasteiger partial charge in [0, 0.05) is 38.2 Å². The highest BCUT2D eigenvalue weighted by Gasteiger charge is 2.23. The predicted molar refractivity (Wildman–Crippen MR) is 109 cm³/mol. The highest BCUT2D eigenvalue weighted by Crippen LogP contribution is 2.17. The zero-order chi connectivity index (χ0) is 20.6. The number of anilines is 1. The number of aromatic nitrogens is 2. The smallest absolute Gasteiger partial charge is 0.319 e. The van der Waals surface area contributed by atoms with Gasteiger partial charge in [-0.2, -0.15) is 4.98 Å². The van der Waals surface area contributed by atoms with E-state index in [0.717, 1.165) is 30.6 Å². The van der Waals surface area contributed by atoms with Crippen LogP contribution in [0.25, 0.3) is 0 Å². The first-order chi connectivity index (χ1) is 14.0. The summed E-state index contributed by atoms with van der Waals surface area (Å²) in [6.07, 6.45) is 3.75. The average Bonchev–Trinajstić information content (AvgIpc) is 3.13. The maximum absolute atomic E-state index is 12.5. The predicted octanol–water partition coefficient (Wildman–Crippen LogP) is 3.07. The fourth-order valence-corrected chi connectivity index (χ4v) is 3.50. The van der Waals surface area contributed by atoms with Crippen LogP contribution in [0.2, 0.25) is 0 Å². The van der Waals surface area contributed by atoms with Crippen LogP contribution < -0.4 is 10.6 Å². The van der Waals surface area contributed by atoms with Crippen molar-refractivity contribution in [3.8, 4) is 0 Å². The van der Waals surface area contributed by atoms with Crippen LogP contribution in [-0.2, 0) is 11.2 Å². The first-order valence-corrected chi connectivity index (χ1v) is 10.2. The Bertz CT molecular complexity index is 818. The Hall–Kier alpha value is -2.90. The molecular weight excluding hydrogens is 370 g/mol. The van der Waals surface area contributed by atoms with E-state index in [-0.39, 0.29) is 17.9 Å². The molecule has 1 aliphatic rings. The van der Waals surface area contributed by atoms with Gasteiger partial charge in [-0.25, -0.2) is 4.79 Å². The van der Waals surface area contributed by atoms with Crippen molar-refractivity contribution in [1.29, 1.82) is 0 Å². The third-order valence-corrected chi connectivity index (χ3v) is 5.08. The zero-order valence-electron chi connectivity index (χ0n) is 17.1. The molecule has 3 amide bonds. The van der Waals surface area contributed by atoms with E-state index in [9.17, 15) is 9.59 Å². The van der Waals surface area contributed by atoms with Crippen LogP contribution >= 0.6 is 0 Å². The number of rotatable bonds is 7. The maximum Gasteiger partial charge on any atom is 0.319 e. The highest BCUT2D eigenvalue weighted by molar-refractivity contribution is 5.89. The largest absolute Gasteiger partial charge is 0.342 e. The summed E-state index contributed by atoms with van der Waals surface area (Å²) in [5.74, 6) is 1.62. The number of urea groups is 1. The van der Waals surface area contributed by atoms with E-state index in [1.54, 1.807) is 6.92 Å². The van der Waals surface area contributed by atoms with Crippen LogP contribution in [0.3, 0.4) is 0 Å². The molecule has 2 N–H and O–H groups in total. The first-order valence-electron chi connectivity index (χ1n) is 10.2. The van der Waals surface area contributed by atoms with Crippen molar-refractivity contribution in [2.45, 2.75) is 46.0 Å². The van der Waals surface area contributed by atoms with Crippen molar-refractivity contribution in [1.82, 2.24) is 20.4 Å². The van der Waals surface area contributed by atoms with Crippen molar-refractivity contribution in [3.63, 3.8) is 0 Å². The molecule has 1 saturated heterocycles. The van der Waals surface area contributed by atoms with Crippen molar-refractivity contribution in [3.05, 3.63) is 41.5 Å². The van der Waals surface area contributed by atoms with Gasteiger partial charge in [0.05, 0.1) is 0 Å². The maximum atomic E-state index is 12.5. The molecule has 1 fully saturated rings. The average molecular weight is 399 g/mol. The van der Waals surface area contributed by atoms with Crippen molar-refractivity contribution in [2.24, 2.45) is 5.92 Å². The standard InChI is InChI=1S/C21H29N5O3/c1-15-8-10-18(11-9-15)24-21(28)22-13-17-5-4-12-26(14-17)20(27)7-3-6-19-23-16(2)25-29-19/h8-11,17H,3-7,12-14H2,1-2H3,(H2,22,24,28)/t17-/m0/s1. The highest BCUT2D eigenvalue weighted by atomic mass is 16.5. The monoisotopic (exact) mass is 399 g/mol. The number of hydrogen-bond acceptors (Lipinski definition) is 5. The second-order valence-electron chi connectivity index (χ2n) is 7.64. The van der Waals surface area contributed by atoms with E-state index in [2.05, 4.69) is 20.8 Å². The third-order valence-electron chi connectivity index (χ3n) is 5.08. The molecule has 3 rings (SSSR count). The summed E-state index contributed by atoms with van der Waals surface area (Å²) >= 11 is 0. The van der Waals surface area contributed by atoms with E-state index in [0.29, 0.717) is 44.1 Å². The van der Waals surface area contributed by atoms with Gasteiger partial charge in [-0.1, -0.05) is 22.9 Å². The Balaban J connectivity index is 1.37. The summed E-state index contributed by atoms with van der Waals surface area (Å²) in [5.41, 5.74) is 1.92. The van der Waals surface area contributed by atoms with E-state index in [1.165, 1.54) is 0 Å². The summed E-state index contributed by atoms with van der Waals surface area (Å²) in [6, 6.07) is 7.46. The van der Waals surface area contributed by atoms with E-state index in [4.69, 9.17) is 4.52 Å². The third kappa shape index (κ3) is 6.58. The lowest BCUT2D eigenvalue weighted by Crippen LogP contribution is -2.44. The summed E-state index contributed by atoms with van der Waals surface area (Å²) in [7, 11) is 0. The van der Waals surface area contributed by atoms with Gasteiger partial charge in [0.15, 0.2) is 5.82 Å². The molecule has 0 unspecified atom stereocenters. The molecule has 0 spiro atoms. The minimum absolute atomic E-state index is 0.148. The number of hydrogen-bond donors (Lipinski definition) is 2. The number of carbonyl (C=O) groups is 2. The molecule has 0 aliphatic carbocycles. The second-order valence-corrected chi connectivity index (χ2v) is 7.64. The number of aryl methyl sites for hydroxylation is 3. The normalized spacial score (nSPS) is 16.5. The molecule has 8 nitrogen and oxygen atoms in total. The van der Waals surface area contributed by atoms with Crippen LogP contribution in [0.4, 0.5) is 10.5 Å². The Labute approximate surface area is 171 Å². The Morgan fingerprint density at radius 1 is 1.24 bits per heavy atom. The molecule has 2 aromatic rings. The number of nitrogens with one attached hydrogen (secondary N) is 2. The van der Waals surface area contributed by atoms with Crippen LogP contribution in [0.1, 0.15) is 43.0 Å². The van der Waals surface area contributed by atoms with E-state index < -0.39 is 0 Å². The van der Waals surface area contributed by atoms with Gasteiger partial charge < -0.3 is 20.1 Å². The molecule has 1 aliphatic heterocycles. The number of benzene rings is 1. The Morgan fingerprint density at radius 3 is 2.76 bits per heavy atom. The summed E-state index contributed by atoms with van der Waals surface area (Å²) in [6.45, 7) is 5.81. The van der Waals surface area contributed by atoms with Gasteiger partial charge in [0.2, 0.25) is 11.8 Å². The van der Waals surface area contributed by atoms with Crippen molar-refractivity contribution < 1.29 is 14.1 Å². The molecule has 2 heterocycles. The molecule has 1 aromatic heterocycles. The van der Waals surface area contributed by atoms with E-state index in [1.807, 2.05) is 36.1 Å². The van der Waals surface area contributed by atoms with Crippen LogP contribution in [0.5, 0.6) is 0 Å². The summed E-state index contributed by atoms with van der Waals surface area (Å²) in [4.78, 5) is 30.7. The number of carbonyl (C=O) groups excluding carboxylic acids is 2. The minimum Gasteiger partial charge on any atom is -0.342 e. The number of nitrogens with zero attached hydrogens (tertiary/aromatic N) is 3. The topological polar surface area (TPSA) is 100 Å². The fraction of sp³-hybridized carbons (Fsp3) is 0.524. The molecular formula is C21H29N5O3. The zero-order valence-corrected chi connectivity index (χ0v) is 17.1. The molecule has 0 saturated carbocycles.